The van der Waals surface area contributed by atoms with Gasteiger partial charge in [-0.1, -0.05) is 0 Å². The van der Waals surface area contributed by atoms with Crippen molar-refractivity contribution >= 4 is 43.3 Å². The third-order valence-corrected chi connectivity index (χ3v) is 4.23. The number of hydrogen-bond acceptors (Lipinski definition) is 7. The Hall–Kier alpha value is -1.45. The zero-order chi connectivity index (χ0) is 15.0. The highest BCUT2D eigenvalue weighted by Gasteiger charge is 2.22. The van der Waals surface area contributed by atoms with Gasteiger partial charge in [-0.3, -0.25) is 0 Å². The minimum absolute atomic E-state index is 0.191. The lowest BCUT2D eigenvalue weighted by Crippen LogP contribution is -2.47. The van der Waals surface area contributed by atoms with E-state index in [2.05, 4.69) is 20.0 Å². The fraction of sp³-hybridized carbons (Fsp3) is 0.455. The topological polar surface area (TPSA) is 110 Å². The van der Waals surface area contributed by atoms with Crippen LogP contribution in [0.3, 0.4) is 0 Å². The monoisotopic (exact) mass is 315 g/mol. The molecule has 2 rings (SSSR count). The molecule has 4 N–H and O–H groups in total. The van der Waals surface area contributed by atoms with E-state index in [0.29, 0.717) is 12.4 Å². The quantitative estimate of drug-likeness (QED) is 0.759. The predicted octanol–water partition coefficient (Wildman–Crippen LogP) is 1.01. The number of hydrogen-bond donors (Lipinski definition) is 3. The van der Waals surface area contributed by atoms with Crippen molar-refractivity contribution in [2.75, 3.05) is 23.9 Å². The molecule has 7 nitrogen and oxygen atoms in total. The Morgan fingerprint density at radius 2 is 2.10 bits per heavy atom. The van der Waals surface area contributed by atoms with Gasteiger partial charge in [0.2, 0.25) is 16.0 Å². The molecule has 0 atom stereocenters. The molecule has 0 aliphatic carbocycles. The van der Waals surface area contributed by atoms with Gasteiger partial charge in [0.1, 0.15) is 10.6 Å². The van der Waals surface area contributed by atoms with Crippen molar-refractivity contribution < 1.29 is 8.42 Å². The zero-order valence-corrected chi connectivity index (χ0v) is 13.1. The lowest BCUT2D eigenvalue weighted by molar-refractivity contribution is 0.476. The molecule has 0 saturated heterocycles. The molecule has 9 heteroatoms. The second-order valence-corrected chi connectivity index (χ2v) is 7.82. The molecule has 0 amide bonds. The van der Waals surface area contributed by atoms with E-state index in [4.69, 9.17) is 5.73 Å². The van der Waals surface area contributed by atoms with Crippen LogP contribution in [0.1, 0.15) is 13.8 Å². The van der Waals surface area contributed by atoms with Crippen LogP contribution in [0.5, 0.6) is 0 Å². The molecule has 0 radical (unpaired) electrons. The average Bonchev–Trinajstić information content (AvgIpc) is 2.70. The summed E-state index contributed by atoms with van der Waals surface area (Å²) in [4.78, 5) is 9.09. The predicted molar refractivity (Wildman–Crippen MR) is 82.4 cm³/mol. The number of fused-ring (bicyclic) bond motifs is 1. The summed E-state index contributed by atoms with van der Waals surface area (Å²) in [5, 5.41) is 5.91. The molecule has 0 saturated carbocycles. The van der Waals surface area contributed by atoms with Crippen LogP contribution in [0, 0.1) is 0 Å². The maximum absolute atomic E-state index is 11.3. The molecule has 2 heterocycles. The first-order chi connectivity index (χ1) is 9.16. The summed E-state index contributed by atoms with van der Waals surface area (Å²) in [5.74, 6) is 0.799. The summed E-state index contributed by atoms with van der Waals surface area (Å²) in [6.07, 6.45) is 1.13. The highest BCUT2D eigenvalue weighted by Crippen LogP contribution is 2.25. The molecule has 2 aromatic rings. The Bertz CT molecular complexity index is 723. The van der Waals surface area contributed by atoms with Gasteiger partial charge in [-0.2, -0.15) is 4.98 Å². The summed E-state index contributed by atoms with van der Waals surface area (Å²) in [5.41, 5.74) is 5.01. The Balaban J connectivity index is 2.19. The van der Waals surface area contributed by atoms with Crippen molar-refractivity contribution in [1.29, 1.82) is 0 Å². The van der Waals surface area contributed by atoms with Crippen LogP contribution in [0.15, 0.2) is 11.4 Å². The highest BCUT2D eigenvalue weighted by atomic mass is 32.2. The molecule has 0 spiro atoms. The molecule has 0 unspecified atom stereocenters. The van der Waals surface area contributed by atoms with E-state index in [1.807, 2.05) is 11.4 Å². The second-order valence-electron chi connectivity index (χ2n) is 5.18. The number of rotatable bonds is 5. The van der Waals surface area contributed by atoms with Gasteiger partial charge in [-0.25, -0.2) is 18.1 Å². The van der Waals surface area contributed by atoms with Gasteiger partial charge in [0, 0.05) is 12.1 Å². The van der Waals surface area contributed by atoms with Gasteiger partial charge in [-0.05, 0) is 25.3 Å². The van der Waals surface area contributed by atoms with Crippen molar-refractivity contribution in [3.63, 3.8) is 0 Å². The second kappa shape index (κ2) is 5.15. The van der Waals surface area contributed by atoms with Gasteiger partial charge in [0.05, 0.1) is 11.6 Å². The lowest BCUT2D eigenvalue weighted by Gasteiger charge is -2.25. The number of sulfonamides is 1. The van der Waals surface area contributed by atoms with Crippen LogP contribution in [-0.2, 0) is 10.0 Å². The smallest absolute Gasteiger partial charge is 0.223 e. The molecule has 0 aliphatic rings. The first-order valence-corrected chi connectivity index (χ1v) is 8.67. The maximum Gasteiger partial charge on any atom is 0.223 e. The van der Waals surface area contributed by atoms with Gasteiger partial charge >= 0.3 is 0 Å². The summed E-state index contributed by atoms with van der Waals surface area (Å²) < 4.78 is 25.2. The van der Waals surface area contributed by atoms with Crippen LogP contribution < -0.4 is 15.8 Å². The van der Waals surface area contributed by atoms with Crippen molar-refractivity contribution in [2.45, 2.75) is 19.4 Å². The molecular weight excluding hydrogens is 298 g/mol. The van der Waals surface area contributed by atoms with E-state index in [1.165, 1.54) is 11.3 Å². The van der Waals surface area contributed by atoms with Crippen LogP contribution >= 0.6 is 11.3 Å². The van der Waals surface area contributed by atoms with Crippen molar-refractivity contribution in [1.82, 2.24) is 14.7 Å². The average molecular weight is 315 g/mol. The number of nitrogen functional groups attached to an aromatic ring is 1. The molecule has 0 aliphatic heterocycles. The molecule has 0 fully saturated rings. The zero-order valence-electron chi connectivity index (χ0n) is 11.5. The fourth-order valence-corrected chi connectivity index (χ4v) is 3.70. The molecule has 0 aromatic carbocycles. The van der Waals surface area contributed by atoms with Gasteiger partial charge < -0.3 is 11.1 Å². The number of anilines is 2. The number of nitrogens with zero attached hydrogens (tertiary/aromatic N) is 2. The molecule has 110 valence electrons. The van der Waals surface area contributed by atoms with E-state index < -0.39 is 15.6 Å². The third-order valence-electron chi connectivity index (χ3n) is 2.50. The minimum atomic E-state index is -3.27. The Labute approximate surface area is 121 Å². The number of nitrogens with one attached hydrogen (secondary N) is 2. The van der Waals surface area contributed by atoms with Crippen LogP contribution in [0.25, 0.3) is 10.2 Å². The number of thiophene rings is 1. The summed E-state index contributed by atoms with van der Waals surface area (Å²) >= 11 is 1.48. The number of aromatic nitrogens is 2. The molecule has 20 heavy (non-hydrogen) atoms. The summed E-state index contributed by atoms with van der Waals surface area (Å²) in [6.45, 7) is 3.95. The van der Waals surface area contributed by atoms with Crippen LogP contribution in [-0.4, -0.2) is 36.7 Å². The van der Waals surface area contributed by atoms with Crippen LogP contribution in [0.2, 0.25) is 0 Å². The van der Waals surface area contributed by atoms with Gasteiger partial charge in [0.25, 0.3) is 0 Å². The summed E-state index contributed by atoms with van der Waals surface area (Å²) in [6, 6.07) is 1.90. The van der Waals surface area contributed by atoms with E-state index in [9.17, 15) is 8.42 Å². The fourth-order valence-electron chi connectivity index (χ4n) is 1.85. The van der Waals surface area contributed by atoms with Gasteiger partial charge in [-0.15, -0.1) is 11.3 Å². The van der Waals surface area contributed by atoms with Crippen molar-refractivity contribution in [3.8, 4) is 0 Å². The summed E-state index contributed by atoms with van der Waals surface area (Å²) in [7, 11) is -3.27. The molecular formula is C11H17N5O2S2. The standard InChI is InChI=1S/C11H17N5O2S2/c1-11(2,16-20(3,17)18)6-13-8-7-4-5-19-9(7)15-10(12)14-8/h4-5,16H,6H2,1-3H3,(H3,12,13,14,15). The van der Waals surface area contributed by atoms with E-state index >= 15 is 0 Å². The SMILES string of the molecule is CC(C)(CNc1nc(N)nc2sccc12)NS(C)(=O)=O. The lowest BCUT2D eigenvalue weighted by atomic mass is 10.1. The largest absolute Gasteiger partial charge is 0.368 e. The normalized spacial score (nSPS) is 12.8. The Kier molecular flexibility index (Phi) is 3.85. The Morgan fingerprint density at radius 3 is 2.75 bits per heavy atom. The first-order valence-electron chi connectivity index (χ1n) is 5.90. The van der Waals surface area contributed by atoms with E-state index in [0.717, 1.165) is 16.5 Å². The molecule has 0 bridgehead atoms. The maximum atomic E-state index is 11.3. The van der Waals surface area contributed by atoms with Crippen molar-refractivity contribution in [2.24, 2.45) is 0 Å². The number of nitrogens with two attached hydrogens (primary N) is 1. The highest BCUT2D eigenvalue weighted by molar-refractivity contribution is 7.88. The van der Waals surface area contributed by atoms with Crippen LogP contribution in [0.4, 0.5) is 11.8 Å². The molecule has 2 aromatic heterocycles. The van der Waals surface area contributed by atoms with E-state index in [-0.39, 0.29) is 5.95 Å². The van der Waals surface area contributed by atoms with Crippen molar-refractivity contribution in [3.05, 3.63) is 11.4 Å². The first kappa shape index (κ1) is 14.9. The minimum Gasteiger partial charge on any atom is -0.368 e. The Morgan fingerprint density at radius 1 is 1.40 bits per heavy atom. The van der Waals surface area contributed by atoms with E-state index in [1.54, 1.807) is 13.8 Å². The van der Waals surface area contributed by atoms with Gasteiger partial charge in [0.15, 0.2) is 0 Å². The third kappa shape index (κ3) is 3.78.